The third kappa shape index (κ3) is 2.44. The lowest BCUT2D eigenvalue weighted by molar-refractivity contribution is 0.0697. The van der Waals surface area contributed by atoms with Crippen LogP contribution >= 0.6 is 11.3 Å². The molecule has 2 aliphatic rings. The first-order chi connectivity index (χ1) is 11.2. The van der Waals surface area contributed by atoms with E-state index in [9.17, 15) is 9.90 Å². The quantitative estimate of drug-likeness (QED) is 0.921. The number of fused-ring (bicyclic) bond motifs is 2. The summed E-state index contributed by atoms with van der Waals surface area (Å²) in [6.07, 6.45) is 0.749. The van der Waals surface area contributed by atoms with Crippen molar-refractivity contribution in [1.82, 2.24) is 4.90 Å². The number of rotatable bonds is 2. The second kappa shape index (κ2) is 5.65. The molecule has 0 bridgehead atoms. The topological polar surface area (TPSA) is 49.8 Å². The van der Waals surface area contributed by atoms with Gasteiger partial charge in [-0.1, -0.05) is 24.3 Å². The first-order valence-electron chi connectivity index (χ1n) is 7.86. The van der Waals surface area contributed by atoms with Crippen LogP contribution in [0.3, 0.4) is 0 Å². The summed E-state index contributed by atoms with van der Waals surface area (Å²) in [6.45, 7) is 1.85. The molecular weight excluding hydrogens is 310 g/mol. The van der Waals surface area contributed by atoms with Crippen LogP contribution in [0.2, 0.25) is 0 Å². The maximum absolute atomic E-state index is 12.7. The summed E-state index contributed by atoms with van der Waals surface area (Å²) in [5, 5.41) is 12.1. The molecule has 2 unspecified atom stereocenters. The van der Waals surface area contributed by atoms with E-state index in [-0.39, 0.29) is 23.8 Å². The lowest BCUT2D eigenvalue weighted by Crippen LogP contribution is -2.38. The van der Waals surface area contributed by atoms with Crippen molar-refractivity contribution in [2.45, 2.75) is 6.42 Å². The zero-order valence-corrected chi connectivity index (χ0v) is 13.6. The Bertz CT molecular complexity index is 715. The van der Waals surface area contributed by atoms with Gasteiger partial charge in [0.05, 0.1) is 18.1 Å². The van der Waals surface area contributed by atoms with Gasteiger partial charge in [0, 0.05) is 24.4 Å². The van der Waals surface area contributed by atoms with Gasteiger partial charge in [-0.3, -0.25) is 4.79 Å². The molecule has 4 nitrogen and oxygen atoms in total. The van der Waals surface area contributed by atoms with Crippen LogP contribution in [0.15, 0.2) is 41.8 Å². The number of nitrogens with zero attached hydrogens (tertiary/aromatic N) is 1. The van der Waals surface area contributed by atoms with Crippen molar-refractivity contribution < 1.29 is 14.6 Å². The van der Waals surface area contributed by atoms with Crippen LogP contribution in [0.5, 0.6) is 5.75 Å². The largest absolute Gasteiger partial charge is 0.493 e. The summed E-state index contributed by atoms with van der Waals surface area (Å²) >= 11 is 1.47. The van der Waals surface area contributed by atoms with Crippen molar-refractivity contribution >= 4 is 17.2 Å². The van der Waals surface area contributed by atoms with E-state index in [0.717, 1.165) is 22.6 Å². The average molecular weight is 329 g/mol. The van der Waals surface area contributed by atoms with Crippen LogP contribution in [0.25, 0.3) is 0 Å². The van der Waals surface area contributed by atoms with Crippen LogP contribution in [0, 0.1) is 11.3 Å². The van der Waals surface area contributed by atoms with Crippen molar-refractivity contribution in [3.8, 4) is 5.75 Å². The normalized spacial score (nSPS) is 26.1. The Morgan fingerprint density at radius 1 is 1.35 bits per heavy atom. The summed E-state index contributed by atoms with van der Waals surface area (Å²) in [5.41, 5.74) is 0.814. The van der Waals surface area contributed by atoms with Gasteiger partial charge in [0.2, 0.25) is 0 Å². The summed E-state index contributed by atoms with van der Waals surface area (Å²) in [4.78, 5) is 15.3. The van der Waals surface area contributed by atoms with Crippen molar-refractivity contribution in [3.05, 3.63) is 52.2 Å². The predicted molar refractivity (Wildman–Crippen MR) is 88.9 cm³/mol. The molecule has 0 radical (unpaired) electrons. The van der Waals surface area contributed by atoms with E-state index in [1.165, 1.54) is 11.3 Å². The van der Waals surface area contributed by atoms with Crippen LogP contribution < -0.4 is 4.74 Å². The number of amides is 1. The van der Waals surface area contributed by atoms with Gasteiger partial charge < -0.3 is 14.7 Å². The minimum Gasteiger partial charge on any atom is -0.493 e. The Kier molecular flexibility index (Phi) is 3.62. The van der Waals surface area contributed by atoms with Crippen molar-refractivity contribution in [3.63, 3.8) is 0 Å². The number of likely N-dealkylation sites (tertiary alicyclic amines) is 1. The molecule has 0 saturated carbocycles. The van der Waals surface area contributed by atoms with Crippen molar-refractivity contribution in [2.75, 3.05) is 26.3 Å². The Morgan fingerprint density at radius 2 is 2.22 bits per heavy atom. The molecule has 2 aliphatic heterocycles. The number of carbonyl (C=O) groups excluding carboxylic acids is 1. The van der Waals surface area contributed by atoms with E-state index in [1.807, 2.05) is 40.6 Å². The first-order valence-corrected chi connectivity index (χ1v) is 8.74. The highest BCUT2D eigenvalue weighted by Crippen LogP contribution is 2.43. The lowest BCUT2D eigenvalue weighted by atomic mass is 9.75. The van der Waals surface area contributed by atoms with Crippen LogP contribution in [0.4, 0.5) is 0 Å². The first kappa shape index (κ1) is 14.7. The molecule has 4 rings (SSSR count). The Balaban J connectivity index is 1.63. The van der Waals surface area contributed by atoms with Crippen LogP contribution in [-0.4, -0.2) is 42.2 Å². The molecule has 120 valence electrons. The number of hydrogen-bond acceptors (Lipinski definition) is 4. The summed E-state index contributed by atoms with van der Waals surface area (Å²) < 4.78 is 5.96. The highest BCUT2D eigenvalue weighted by Gasteiger charge is 2.49. The number of para-hydroxylation sites is 1. The van der Waals surface area contributed by atoms with Crippen molar-refractivity contribution in [2.24, 2.45) is 11.3 Å². The van der Waals surface area contributed by atoms with Crippen LogP contribution in [-0.2, 0) is 6.42 Å². The number of benzene rings is 1. The fourth-order valence-electron chi connectivity index (χ4n) is 3.77. The molecular formula is C18H19NO3S. The molecule has 5 heteroatoms. The number of ether oxygens (including phenoxy) is 1. The number of thiophene rings is 1. The molecule has 1 aromatic heterocycles. The highest BCUT2D eigenvalue weighted by molar-refractivity contribution is 7.12. The monoisotopic (exact) mass is 329 g/mol. The van der Waals surface area contributed by atoms with Gasteiger partial charge in [0.1, 0.15) is 5.75 Å². The van der Waals surface area contributed by atoms with Gasteiger partial charge >= 0.3 is 0 Å². The Labute approximate surface area is 139 Å². The van der Waals surface area contributed by atoms with Gasteiger partial charge in [0.15, 0.2) is 0 Å². The lowest BCUT2D eigenvalue weighted by Gasteiger charge is -2.30. The molecule has 1 aromatic carbocycles. The van der Waals surface area contributed by atoms with Gasteiger partial charge in [-0.2, -0.15) is 0 Å². The Hall–Kier alpha value is -1.85. The fourth-order valence-corrected chi connectivity index (χ4v) is 4.46. The van der Waals surface area contributed by atoms with E-state index in [1.54, 1.807) is 0 Å². The minimum absolute atomic E-state index is 0.0641. The third-order valence-corrected chi connectivity index (χ3v) is 5.96. The molecule has 0 spiro atoms. The van der Waals surface area contributed by atoms with Gasteiger partial charge in [-0.05, 0) is 29.5 Å². The summed E-state index contributed by atoms with van der Waals surface area (Å²) in [6, 6.07) is 11.8. The maximum atomic E-state index is 12.7. The molecule has 2 aromatic rings. The second-order valence-corrected chi connectivity index (χ2v) is 7.42. The molecule has 1 amide bonds. The maximum Gasteiger partial charge on any atom is 0.263 e. The van der Waals surface area contributed by atoms with Gasteiger partial charge in [-0.15, -0.1) is 11.3 Å². The standard InChI is InChI=1S/C18H19NO3S/c20-12-18-8-13-4-1-2-5-15(13)22-10-14(18)9-19(11-18)17(21)16-6-3-7-23-16/h1-7,14,20H,8-12H2. The van der Waals surface area contributed by atoms with E-state index in [4.69, 9.17) is 4.74 Å². The number of aliphatic hydroxyl groups is 1. The molecule has 2 atom stereocenters. The zero-order chi connectivity index (χ0) is 15.9. The second-order valence-electron chi connectivity index (χ2n) is 6.48. The SMILES string of the molecule is O=C(c1cccs1)N1CC2COc3ccccc3CC2(CO)C1. The molecule has 0 aliphatic carbocycles. The number of aliphatic hydroxyl groups excluding tert-OH is 1. The molecule has 1 N–H and O–H groups in total. The van der Waals surface area contributed by atoms with E-state index in [0.29, 0.717) is 19.7 Å². The number of carbonyl (C=O) groups is 1. The zero-order valence-electron chi connectivity index (χ0n) is 12.8. The summed E-state index contributed by atoms with van der Waals surface area (Å²) in [5.74, 6) is 1.13. The van der Waals surface area contributed by atoms with E-state index in [2.05, 4.69) is 6.07 Å². The molecule has 3 heterocycles. The average Bonchev–Trinajstić information content (AvgIpc) is 3.20. The smallest absolute Gasteiger partial charge is 0.263 e. The Morgan fingerprint density at radius 3 is 3.00 bits per heavy atom. The number of hydrogen-bond donors (Lipinski definition) is 1. The molecule has 1 saturated heterocycles. The van der Waals surface area contributed by atoms with E-state index < -0.39 is 0 Å². The van der Waals surface area contributed by atoms with Crippen LogP contribution in [0.1, 0.15) is 15.2 Å². The fraction of sp³-hybridized carbons (Fsp3) is 0.389. The van der Waals surface area contributed by atoms with Crippen molar-refractivity contribution in [1.29, 1.82) is 0 Å². The van der Waals surface area contributed by atoms with E-state index >= 15 is 0 Å². The van der Waals surface area contributed by atoms with Gasteiger partial charge in [-0.25, -0.2) is 0 Å². The molecule has 1 fully saturated rings. The predicted octanol–water partition coefficient (Wildman–Crippen LogP) is 2.43. The van der Waals surface area contributed by atoms with Gasteiger partial charge in [0.25, 0.3) is 5.91 Å². The molecule has 23 heavy (non-hydrogen) atoms. The highest BCUT2D eigenvalue weighted by atomic mass is 32.1. The minimum atomic E-state index is -0.306. The summed E-state index contributed by atoms with van der Waals surface area (Å²) in [7, 11) is 0. The third-order valence-electron chi connectivity index (χ3n) is 5.10.